The number of sulfone groups is 1. The van der Waals surface area contributed by atoms with Crippen LogP contribution >= 0.6 is 23.4 Å². The van der Waals surface area contributed by atoms with Crippen molar-refractivity contribution in [2.75, 3.05) is 69.4 Å². The molecule has 3 aliphatic heterocycles. The van der Waals surface area contributed by atoms with E-state index < -0.39 is 41.2 Å². The third kappa shape index (κ3) is 12.3. The molecule has 2 fully saturated rings. The van der Waals surface area contributed by atoms with E-state index in [1.807, 2.05) is 19.2 Å². The number of piperazine rings is 1. The van der Waals surface area contributed by atoms with Gasteiger partial charge in [0.25, 0.3) is 19.9 Å². The van der Waals surface area contributed by atoms with Crippen LogP contribution in [0.1, 0.15) is 76.1 Å². The van der Waals surface area contributed by atoms with Gasteiger partial charge in [-0.1, -0.05) is 55.3 Å². The molecule has 0 amide bonds. The number of nitrogens with one attached hydrogen (secondary N) is 2. The highest BCUT2D eigenvalue weighted by molar-refractivity contribution is 8.00. The standard InChI is InChI=1S/C49H61ClF4N8O4S3/c1-33(27-46(61-25-23-59(4)24-26-61)67-43-8-6-5-7-41(43)51)57-37-13-14-44(45(28-37)68(63,64)49(52,53)54)69(65,66)58-47-39-18-22-62(31-42(39)55-32-56-47)38-16-20-60(21-17-38)30-35-15-19-48(2,3)29-40(35)34-9-11-36(50)12-10-34/h5-14,28,32-33,38,46,57H,15-27,29-31H2,1-4H3,(H,55,56,58). The van der Waals surface area contributed by atoms with Crippen molar-refractivity contribution in [1.29, 1.82) is 0 Å². The fourth-order valence-corrected chi connectivity index (χ4v) is 14.1. The van der Waals surface area contributed by atoms with E-state index in [4.69, 9.17) is 11.6 Å². The number of nitrogens with zero attached hydrogens (tertiary/aromatic N) is 6. The Labute approximate surface area is 413 Å². The minimum absolute atomic E-state index is 0.0274. The van der Waals surface area contributed by atoms with Crippen LogP contribution < -0.4 is 10.0 Å². The van der Waals surface area contributed by atoms with E-state index in [0.29, 0.717) is 61.2 Å². The summed E-state index contributed by atoms with van der Waals surface area (Å²) in [6, 6.07) is 17.2. The van der Waals surface area contributed by atoms with Crippen LogP contribution in [0.5, 0.6) is 0 Å². The topological polar surface area (TPSA) is 131 Å². The molecule has 69 heavy (non-hydrogen) atoms. The summed E-state index contributed by atoms with van der Waals surface area (Å²) in [5.41, 5.74) is -0.369. The van der Waals surface area contributed by atoms with E-state index in [-0.39, 0.29) is 34.2 Å². The maximum atomic E-state index is 14.8. The smallest absolute Gasteiger partial charge is 0.382 e. The molecule has 374 valence electrons. The quantitative estimate of drug-likeness (QED) is 0.0869. The van der Waals surface area contributed by atoms with Gasteiger partial charge in [-0.2, -0.15) is 13.2 Å². The zero-order valence-electron chi connectivity index (χ0n) is 39.4. The average molecular weight is 1030 g/mol. The van der Waals surface area contributed by atoms with Crippen molar-refractivity contribution in [2.24, 2.45) is 5.41 Å². The van der Waals surface area contributed by atoms with Gasteiger partial charge in [0.15, 0.2) is 0 Å². The minimum Gasteiger partial charge on any atom is -0.382 e. The third-order valence-electron chi connectivity index (χ3n) is 14.0. The monoisotopic (exact) mass is 1030 g/mol. The molecule has 0 bridgehead atoms. The van der Waals surface area contributed by atoms with Crippen LogP contribution in [0.2, 0.25) is 5.02 Å². The highest BCUT2D eigenvalue weighted by atomic mass is 35.5. The van der Waals surface area contributed by atoms with Gasteiger partial charge in [-0.05, 0) is 131 Å². The van der Waals surface area contributed by atoms with Gasteiger partial charge in [-0.3, -0.25) is 19.4 Å². The molecule has 4 aromatic rings. The van der Waals surface area contributed by atoms with Gasteiger partial charge < -0.3 is 10.2 Å². The van der Waals surface area contributed by atoms with Crippen molar-refractivity contribution >= 4 is 60.3 Å². The lowest BCUT2D eigenvalue weighted by molar-refractivity contribution is -0.0437. The Morgan fingerprint density at radius 3 is 2.30 bits per heavy atom. The Morgan fingerprint density at radius 1 is 0.899 bits per heavy atom. The third-order valence-corrected chi connectivity index (χ3v) is 18.6. The molecule has 2 atom stereocenters. The highest BCUT2D eigenvalue weighted by Gasteiger charge is 2.49. The molecule has 1 aromatic heterocycles. The summed E-state index contributed by atoms with van der Waals surface area (Å²) in [5.74, 6) is -0.480. The van der Waals surface area contributed by atoms with E-state index in [0.717, 1.165) is 75.9 Å². The summed E-state index contributed by atoms with van der Waals surface area (Å²) in [6.07, 6.45) is 7.08. The second-order valence-electron chi connectivity index (χ2n) is 19.6. The maximum absolute atomic E-state index is 14.8. The normalized spacial score (nSPS) is 20.4. The second-order valence-corrected chi connectivity index (χ2v) is 24.9. The number of aromatic nitrogens is 2. The fraction of sp³-hybridized carbons (Fsp3) is 0.510. The first-order valence-electron chi connectivity index (χ1n) is 23.5. The molecular formula is C49H61ClF4N8O4S3. The lowest BCUT2D eigenvalue weighted by Gasteiger charge is -2.41. The predicted molar refractivity (Wildman–Crippen MR) is 265 cm³/mol. The summed E-state index contributed by atoms with van der Waals surface area (Å²) in [7, 11) is -9.11. The van der Waals surface area contributed by atoms with Crippen LogP contribution in [0.3, 0.4) is 0 Å². The second kappa shape index (κ2) is 21.1. The molecular weight excluding hydrogens is 972 g/mol. The molecule has 0 spiro atoms. The number of alkyl halides is 3. The fourth-order valence-electron chi connectivity index (χ4n) is 10.0. The first-order chi connectivity index (χ1) is 32.7. The zero-order valence-corrected chi connectivity index (χ0v) is 42.6. The number of halogens is 5. The number of benzene rings is 3. The number of anilines is 2. The summed E-state index contributed by atoms with van der Waals surface area (Å²) >= 11 is 7.57. The first-order valence-corrected chi connectivity index (χ1v) is 27.7. The van der Waals surface area contributed by atoms with Gasteiger partial charge >= 0.3 is 5.51 Å². The molecule has 4 heterocycles. The van der Waals surface area contributed by atoms with E-state index >= 15 is 0 Å². The Kier molecular flexibility index (Phi) is 15.8. The van der Waals surface area contributed by atoms with Gasteiger partial charge in [0.1, 0.15) is 22.9 Å². The molecule has 3 aromatic carbocycles. The van der Waals surface area contributed by atoms with Crippen LogP contribution in [-0.4, -0.2) is 129 Å². The molecule has 1 aliphatic carbocycles. The van der Waals surface area contributed by atoms with Crippen molar-refractivity contribution in [3.63, 3.8) is 0 Å². The molecule has 2 N–H and O–H groups in total. The number of fused-ring (bicyclic) bond motifs is 1. The van der Waals surface area contributed by atoms with Crippen LogP contribution in [0.25, 0.3) is 5.57 Å². The molecule has 4 aliphatic rings. The average Bonchev–Trinajstić information content (AvgIpc) is 3.30. The largest absolute Gasteiger partial charge is 0.501 e. The summed E-state index contributed by atoms with van der Waals surface area (Å²) in [5, 5.41) is 3.58. The zero-order chi connectivity index (χ0) is 49.3. The number of thioether (sulfide) groups is 1. The van der Waals surface area contributed by atoms with E-state index in [2.05, 4.69) is 65.6 Å². The molecule has 0 saturated carbocycles. The number of likely N-dealkylation sites (N-methyl/N-ethyl adjacent to an activating group) is 1. The predicted octanol–water partition coefficient (Wildman–Crippen LogP) is 9.41. The molecule has 2 unspecified atom stereocenters. The van der Waals surface area contributed by atoms with Crippen LogP contribution in [0.4, 0.5) is 29.1 Å². The number of sulfonamides is 1. The molecule has 20 heteroatoms. The van der Waals surface area contributed by atoms with Gasteiger partial charge in [0.05, 0.1) is 16.0 Å². The van der Waals surface area contributed by atoms with Crippen molar-refractivity contribution in [3.8, 4) is 0 Å². The minimum atomic E-state index is -6.17. The Balaban J connectivity index is 0.949. The Hall–Kier alpha value is -3.82. The van der Waals surface area contributed by atoms with Crippen LogP contribution in [0, 0.1) is 11.2 Å². The van der Waals surface area contributed by atoms with Crippen molar-refractivity contribution < 1.29 is 34.4 Å². The SMILES string of the molecule is CC(CC(Sc1ccccc1F)N1CCN(C)CC1)Nc1ccc(S(=O)(=O)Nc2ncnc3c2CCN(C2CCN(CC4=C(c5ccc(Cl)cc5)CC(C)(C)CC4)CC2)C3)c(S(=O)(=O)C(F)(F)F)c1. The summed E-state index contributed by atoms with van der Waals surface area (Å²) in [4.78, 5) is 15.9. The van der Waals surface area contributed by atoms with Crippen molar-refractivity contribution in [3.05, 3.63) is 106 Å². The van der Waals surface area contributed by atoms with E-state index in [1.54, 1.807) is 25.1 Å². The summed E-state index contributed by atoms with van der Waals surface area (Å²) < 4.78 is 115. The molecule has 2 saturated heterocycles. The van der Waals surface area contributed by atoms with Crippen LogP contribution in [-0.2, 0) is 32.8 Å². The highest BCUT2D eigenvalue weighted by Crippen LogP contribution is 2.44. The Bertz CT molecular complexity index is 2730. The summed E-state index contributed by atoms with van der Waals surface area (Å²) in [6.45, 7) is 13.2. The van der Waals surface area contributed by atoms with Gasteiger partial charge in [0.2, 0.25) is 0 Å². The van der Waals surface area contributed by atoms with Gasteiger partial charge in [-0.25, -0.2) is 31.2 Å². The number of piperidine rings is 1. The molecule has 12 nitrogen and oxygen atoms in total. The lowest BCUT2D eigenvalue weighted by Crippen LogP contribution is -2.49. The number of hydrogen-bond donors (Lipinski definition) is 2. The van der Waals surface area contributed by atoms with Crippen LogP contribution in [0.15, 0.2) is 93.3 Å². The van der Waals surface area contributed by atoms with Crippen molar-refractivity contribution in [1.82, 2.24) is 29.6 Å². The van der Waals surface area contributed by atoms with Gasteiger partial charge in [0, 0.05) is 79.1 Å². The Morgan fingerprint density at radius 2 is 1.61 bits per heavy atom. The van der Waals surface area contributed by atoms with E-state index in [9.17, 15) is 34.4 Å². The number of hydrogen-bond acceptors (Lipinski definition) is 12. The number of rotatable bonds is 15. The number of likely N-dealkylation sites (tertiary alicyclic amines) is 1. The molecule has 8 rings (SSSR count). The lowest BCUT2D eigenvalue weighted by atomic mass is 9.72. The number of allylic oxidation sites excluding steroid dienone is 1. The van der Waals surface area contributed by atoms with Crippen molar-refractivity contribution in [2.45, 2.75) is 110 Å². The maximum Gasteiger partial charge on any atom is 0.501 e. The van der Waals surface area contributed by atoms with E-state index in [1.165, 1.54) is 46.9 Å². The first kappa shape index (κ1) is 51.5. The van der Waals surface area contributed by atoms with Gasteiger partial charge in [-0.15, -0.1) is 11.8 Å². The molecule has 0 radical (unpaired) electrons.